The van der Waals surface area contributed by atoms with Crippen LogP contribution in [0.15, 0.2) is 6.07 Å². The molecular formula is C7H2ClFO2S2. The molecule has 0 fully saturated rings. The summed E-state index contributed by atoms with van der Waals surface area (Å²) < 4.78 is 13.9. The second kappa shape index (κ2) is 2.94. The molecule has 0 saturated heterocycles. The van der Waals surface area contributed by atoms with E-state index in [0.29, 0.717) is 9.40 Å². The molecule has 2 heterocycles. The normalized spacial score (nSPS) is 10.9. The minimum atomic E-state index is -1.01. The molecule has 0 aromatic carbocycles. The number of carboxylic acid groups (broad SMARTS) is 1. The van der Waals surface area contributed by atoms with Crippen molar-refractivity contribution >= 4 is 49.6 Å². The number of rotatable bonds is 1. The van der Waals surface area contributed by atoms with E-state index in [-0.39, 0.29) is 9.90 Å². The highest BCUT2D eigenvalue weighted by molar-refractivity contribution is 7.28. The van der Waals surface area contributed by atoms with E-state index in [1.807, 2.05) is 0 Å². The SMILES string of the molecule is O=C(O)c1cc2sc(F)c(Cl)c2s1. The molecule has 0 aliphatic heterocycles. The fourth-order valence-electron chi connectivity index (χ4n) is 0.939. The first-order valence-electron chi connectivity index (χ1n) is 3.20. The van der Waals surface area contributed by atoms with E-state index in [4.69, 9.17) is 16.7 Å². The fourth-order valence-corrected chi connectivity index (χ4v) is 3.30. The molecule has 2 aromatic heterocycles. The second-order valence-electron chi connectivity index (χ2n) is 2.30. The van der Waals surface area contributed by atoms with Gasteiger partial charge in [-0.15, -0.1) is 22.7 Å². The van der Waals surface area contributed by atoms with Gasteiger partial charge in [-0.1, -0.05) is 11.6 Å². The molecule has 0 unspecified atom stereocenters. The van der Waals surface area contributed by atoms with Crippen LogP contribution in [-0.2, 0) is 0 Å². The molecule has 1 N–H and O–H groups in total. The molecule has 6 heteroatoms. The molecule has 0 saturated carbocycles. The predicted molar refractivity (Wildman–Crippen MR) is 51.6 cm³/mol. The standard InChI is InChI=1S/C7H2ClFO2S2/c8-4-5-2(13-6(4)9)1-3(12-5)7(10)11/h1H,(H,10,11). The lowest BCUT2D eigenvalue weighted by molar-refractivity contribution is 0.0702. The molecular weight excluding hydrogens is 235 g/mol. The van der Waals surface area contributed by atoms with Gasteiger partial charge in [0.05, 0.1) is 9.40 Å². The van der Waals surface area contributed by atoms with Crippen LogP contribution in [0.1, 0.15) is 9.67 Å². The highest BCUT2D eigenvalue weighted by Crippen LogP contribution is 2.39. The summed E-state index contributed by atoms with van der Waals surface area (Å²) in [7, 11) is 0. The fraction of sp³-hybridized carbons (Fsp3) is 0. The maximum absolute atomic E-state index is 12.8. The highest BCUT2D eigenvalue weighted by Gasteiger charge is 2.16. The van der Waals surface area contributed by atoms with Crippen molar-refractivity contribution in [3.05, 3.63) is 21.1 Å². The summed E-state index contributed by atoms with van der Waals surface area (Å²) in [6, 6.07) is 1.43. The third-order valence-corrected chi connectivity index (χ3v) is 4.25. The lowest BCUT2D eigenvalue weighted by atomic mass is 10.4. The Bertz CT molecular complexity index is 488. The van der Waals surface area contributed by atoms with Gasteiger partial charge in [-0.2, -0.15) is 4.39 Å². The zero-order valence-electron chi connectivity index (χ0n) is 6.01. The Hall–Kier alpha value is -0.650. The largest absolute Gasteiger partial charge is 0.477 e. The Morgan fingerprint density at radius 1 is 1.54 bits per heavy atom. The molecule has 2 rings (SSSR count). The lowest BCUT2D eigenvalue weighted by Gasteiger charge is -1.82. The highest BCUT2D eigenvalue weighted by atomic mass is 35.5. The number of thiophene rings is 2. The van der Waals surface area contributed by atoms with Crippen molar-refractivity contribution in [3.8, 4) is 0 Å². The van der Waals surface area contributed by atoms with Gasteiger partial charge in [0, 0.05) is 0 Å². The number of carboxylic acids is 1. The topological polar surface area (TPSA) is 37.3 Å². The molecule has 0 amide bonds. The van der Waals surface area contributed by atoms with Gasteiger partial charge in [0.2, 0.25) is 0 Å². The second-order valence-corrected chi connectivity index (χ2v) is 4.73. The summed E-state index contributed by atoms with van der Waals surface area (Å²) >= 11 is 7.47. The minimum absolute atomic E-state index is 0.0255. The van der Waals surface area contributed by atoms with E-state index in [0.717, 1.165) is 22.7 Å². The van der Waals surface area contributed by atoms with E-state index >= 15 is 0 Å². The van der Waals surface area contributed by atoms with Crippen LogP contribution in [0.4, 0.5) is 4.39 Å². The average molecular weight is 237 g/mol. The zero-order valence-corrected chi connectivity index (χ0v) is 8.39. The van der Waals surface area contributed by atoms with Crippen molar-refractivity contribution < 1.29 is 14.3 Å². The number of fused-ring (bicyclic) bond motifs is 1. The van der Waals surface area contributed by atoms with Gasteiger partial charge in [0.25, 0.3) is 0 Å². The first kappa shape index (κ1) is 8.93. The van der Waals surface area contributed by atoms with Crippen LogP contribution in [0.2, 0.25) is 5.02 Å². The quantitative estimate of drug-likeness (QED) is 0.823. The van der Waals surface area contributed by atoms with Crippen molar-refractivity contribution in [2.24, 2.45) is 0 Å². The van der Waals surface area contributed by atoms with Gasteiger partial charge in [0.15, 0.2) is 5.13 Å². The van der Waals surface area contributed by atoms with Gasteiger partial charge >= 0.3 is 5.97 Å². The molecule has 0 spiro atoms. The van der Waals surface area contributed by atoms with Crippen LogP contribution >= 0.6 is 34.3 Å². The Kier molecular flexibility index (Phi) is 2.02. The summed E-state index contributed by atoms with van der Waals surface area (Å²) in [5.41, 5.74) is 0. The smallest absolute Gasteiger partial charge is 0.345 e. The van der Waals surface area contributed by atoms with E-state index < -0.39 is 11.1 Å². The lowest BCUT2D eigenvalue weighted by Crippen LogP contribution is -1.89. The summed E-state index contributed by atoms with van der Waals surface area (Å²) in [5, 5.41) is 8.21. The number of halogens is 2. The maximum atomic E-state index is 12.8. The van der Waals surface area contributed by atoms with E-state index in [9.17, 15) is 9.18 Å². The third-order valence-electron chi connectivity index (χ3n) is 1.48. The molecule has 0 bridgehead atoms. The van der Waals surface area contributed by atoms with Crippen LogP contribution in [-0.4, -0.2) is 11.1 Å². The maximum Gasteiger partial charge on any atom is 0.345 e. The van der Waals surface area contributed by atoms with Crippen molar-refractivity contribution in [3.63, 3.8) is 0 Å². The Labute approximate surface area is 85.2 Å². The van der Waals surface area contributed by atoms with Crippen molar-refractivity contribution in [2.75, 3.05) is 0 Å². The summed E-state index contributed by atoms with van der Waals surface area (Å²) in [6.07, 6.45) is 0. The van der Waals surface area contributed by atoms with Crippen LogP contribution in [0.25, 0.3) is 9.40 Å². The Morgan fingerprint density at radius 3 is 2.77 bits per heavy atom. The zero-order chi connectivity index (χ0) is 9.59. The van der Waals surface area contributed by atoms with Gasteiger partial charge in [-0.25, -0.2) is 4.79 Å². The molecule has 2 nitrogen and oxygen atoms in total. The van der Waals surface area contributed by atoms with Gasteiger partial charge in [-0.3, -0.25) is 0 Å². The molecule has 0 aliphatic rings. The first-order valence-corrected chi connectivity index (χ1v) is 5.21. The number of aromatic carboxylic acids is 1. The third kappa shape index (κ3) is 1.33. The molecule has 0 atom stereocenters. The van der Waals surface area contributed by atoms with Crippen LogP contribution in [0, 0.1) is 5.13 Å². The summed E-state index contributed by atoms with van der Waals surface area (Å²) in [4.78, 5) is 10.7. The van der Waals surface area contributed by atoms with E-state index in [1.54, 1.807) is 0 Å². The molecule has 68 valence electrons. The van der Waals surface area contributed by atoms with Crippen LogP contribution < -0.4 is 0 Å². The number of hydrogen-bond donors (Lipinski definition) is 1. The van der Waals surface area contributed by atoms with Crippen molar-refractivity contribution in [1.29, 1.82) is 0 Å². The van der Waals surface area contributed by atoms with Gasteiger partial charge in [0.1, 0.15) is 9.90 Å². The van der Waals surface area contributed by atoms with Gasteiger partial charge in [-0.05, 0) is 6.07 Å². The Morgan fingerprint density at radius 2 is 2.23 bits per heavy atom. The van der Waals surface area contributed by atoms with E-state index in [2.05, 4.69) is 0 Å². The molecule has 0 radical (unpaired) electrons. The Balaban J connectivity index is 2.72. The van der Waals surface area contributed by atoms with Gasteiger partial charge < -0.3 is 5.11 Å². The van der Waals surface area contributed by atoms with E-state index in [1.165, 1.54) is 6.07 Å². The van der Waals surface area contributed by atoms with Crippen LogP contribution in [0.3, 0.4) is 0 Å². The minimum Gasteiger partial charge on any atom is -0.477 e. The molecule has 2 aromatic rings. The predicted octanol–water partition coefficient (Wildman–Crippen LogP) is 3.45. The number of hydrogen-bond acceptors (Lipinski definition) is 3. The number of carbonyl (C=O) groups is 1. The van der Waals surface area contributed by atoms with Crippen LogP contribution in [0.5, 0.6) is 0 Å². The molecule has 0 aliphatic carbocycles. The van der Waals surface area contributed by atoms with Crippen molar-refractivity contribution in [2.45, 2.75) is 0 Å². The first-order chi connectivity index (χ1) is 6.09. The average Bonchev–Trinajstić information content (AvgIpc) is 2.55. The summed E-state index contributed by atoms with van der Waals surface area (Å²) in [5.74, 6) is -1.01. The van der Waals surface area contributed by atoms with Crippen molar-refractivity contribution in [1.82, 2.24) is 0 Å². The summed E-state index contributed by atoms with van der Waals surface area (Å²) in [6.45, 7) is 0. The monoisotopic (exact) mass is 236 g/mol. The molecule has 13 heavy (non-hydrogen) atoms.